The van der Waals surface area contributed by atoms with E-state index < -0.39 is 0 Å². The number of amides is 2. The molecule has 0 aliphatic carbocycles. The minimum atomic E-state index is -0.0259. The third-order valence-corrected chi connectivity index (χ3v) is 6.93. The van der Waals surface area contributed by atoms with Gasteiger partial charge in [0.1, 0.15) is 11.5 Å². The molecule has 2 aromatic carbocycles. The third-order valence-electron chi connectivity index (χ3n) is 6.93. The molecule has 0 saturated carbocycles. The zero-order valence-corrected chi connectivity index (χ0v) is 21.0. The average molecular weight is 481 g/mol. The van der Waals surface area contributed by atoms with Crippen molar-refractivity contribution in [3.8, 4) is 11.5 Å². The van der Waals surface area contributed by atoms with Crippen LogP contribution in [0.4, 0.5) is 5.69 Å². The Balaban J connectivity index is 1.27. The van der Waals surface area contributed by atoms with E-state index in [9.17, 15) is 9.59 Å². The number of carbonyl (C=O) groups excluding carboxylic acids is 2. The SMILES string of the molecule is COc1ccc([C@@H]2CCCN2CC(=O)N2CCN(CC(=O)Nc3ccc(C)cc3)CC2)c(OC)c1. The van der Waals surface area contributed by atoms with Crippen molar-refractivity contribution >= 4 is 17.5 Å². The van der Waals surface area contributed by atoms with Crippen LogP contribution >= 0.6 is 0 Å². The van der Waals surface area contributed by atoms with Crippen LogP contribution in [-0.4, -0.2) is 86.5 Å². The van der Waals surface area contributed by atoms with Crippen LogP contribution in [0, 0.1) is 6.92 Å². The molecule has 2 saturated heterocycles. The second-order valence-electron chi connectivity index (χ2n) is 9.31. The van der Waals surface area contributed by atoms with E-state index in [1.807, 2.05) is 54.3 Å². The minimum Gasteiger partial charge on any atom is -0.497 e. The van der Waals surface area contributed by atoms with E-state index >= 15 is 0 Å². The summed E-state index contributed by atoms with van der Waals surface area (Å²) in [6.45, 7) is 6.32. The highest BCUT2D eigenvalue weighted by molar-refractivity contribution is 5.92. The smallest absolute Gasteiger partial charge is 0.238 e. The van der Waals surface area contributed by atoms with Crippen LogP contribution in [-0.2, 0) is 9.59 Å². The number of benzene rings is 2. The molecule has 0 aromatic heterocycles. The van der Waals surface area contributed by atoms with Gasteiger partial charge in [0.2, 0.25) is 11.8 Å². The van der Waals surface area contributed by atoms with Gasteiger partial charge in [-0.25, -0.2) is 0 Å². The van der Waals surface area contributed by atoms with Gasteiger partial charge in [-0.3, -0.25) is 19.4 Å². The molecule has 2 aliphatic rings. The second-order valence-corrected chi connectivity index (χ2v) is 9.31. The molecule has 2 heterocycles. The van der Waals surface area contributed by atoms with E-state index in [0.29, 0.717) is 39.3 Å². The largest absolute Gasteiger partial charge is 0.497 e. The first-order chi connectivity index (χ1) is 17.0. The van der Waals surface area contributed by atoms with Gasteiger partial charge in [0, 0.05) is 49.5 Å². The molecular weight excluding hydrogens is 444 g/mol. The fraction of sp³-hybridized carbons (Fsp3) is 0.481. The van der Waals surface area contributed by atoms with Crippen molar-refractivity contribution in [3.05, 3.63) is 53.6 Å². The number of methoxy groups -OCH3 is 2. The van der Waals surface area contributed by atoms with E-state index in [2.05, 4.69) is 15.1 Å². The molecule has 2 aromatic rings. The van der Waals surface area contributed by atoms with Crippen molar-refractivity contribution in [2.45, 2.75) is 25.8 Å². The number of nitrogens with one attached hydrogen (secondary N) is 1. The first kappa shape index (κ1) is 25.0. The van der Waals surface area contributed by atoms with Gasteiger partial charge in [0.05, 0.1) is 27.3 Å². The Labute approximate surface area is 207 Å². The van der Waals surface area contributed by atoms with Crippen LogP contribution in [0.5, 0.6) is 11.5 Å². The Kier molecular flexibility index (Phi) is 8.25. The number of nitrogens with zero attached hydrogens (tertiary/aromatic N) is 3. The quantitative estimate of drug-likeness (QED) is 0.626. The summed E-state index contributed by atoms with van der Waals surface area (Å²) >= 11 is 0. The van der Waals surface area contributed by atoms with Gasteiger partial charge in [-0.2, -0.15) is 0 Å². The number of anilines is 1. The molecule has 188 valence electrons. The Morgan fingerprint density at radius 3 is 2.37 bits per heavy atom. The van der Waals surface area contributed by atoms with Crippen molar-refractivity contribution in [1.29, 1.82) is 0 Å². The summed E-state index contributed by atoms with van der Waals surface area (Å²) < 4.78 is 10.9. The van der Waals surface area contributed by atoms with Gasteiger partial charge in [-0.15, -0.1) is 0 Å². The summed E-state index contributed by atoms with van der Waals surface area (Å²) in [6, 6.07) is 13.9. The van der Waals surface area contributed by atoms with E-state index in [-0.39, 0.29) is 17.9 Å². The fourth-order valence-corrected chi connectivity index (χ4v) is 4.93. The van der Waals surface area contributed by atoms with Crippen molar-refractivity contribution in [3.63, 3.8) is 0 Å². The van der Waals surface area contributed by atoms with Crippen LogP contribution in [0.2, 0.25) is 0 Å². The lowest BCUT2D eigenvalue weighted by Crippen LogP contribution is -2.52. The zero-order valence-electron chi connectivity index (χ0n) is 21.0. The maximum Gasteiger partial charge on any atom is 0.238 e. The fourth-order valence-electron chi connectivity index (χ4n) is 4.93. The Bertz CT molecular complexity index is 1020. The van der Waals surface area contributed by atoms with Crippen molar-refractivity contribution < 1.29 is 19.1 Å². The number of ether oxygens (including phenoxy) is 2. The standard InChI is InChI=1S/C27H36N4O4/c1-20-6-8-21(9-7-20)28-26(32)18-29-13-15-30(16-14-29)27(33)19-31-12-4-5-24(31)23-11-10-22(34-2)17-25(23)35-3/h6-11,17,24H,4-5,12-16,18-19H2,1-3H3,(H,28,32)/t24-/m0/s1. The second kappa shape index (κ2) is 11.6. The number of hydrogen-bond acceptors (Lipinski definition) is 6. The molecule has 8 heteroatoms. The van der Waals surface area contributed by atoms with E-state index in [1.54, 1.807) is 14.2 Å². The first-order valence-corrected chi connectivity index (χ1v) is 12.3. The molecule has 0 bridgehead atoms. The monoisotopic (exact) mass is 480 g/mol. The van der Waals surface area contributed by atoms with Crippen LogP contribution < -0.4 is 14.8 Å². The van der Waals surface area contributed by atoms with E-state index in [4.69, 9.17) is 9.47 Å². The van der Waals surface area contributed by atoms with Crippen molar-refractivity contribution in [2.75, 3.05) is 65.3 Å². The van der Waals surface area contributed by atoms with Gasteiger partial charge in [-0.05, 0) is 44.5 Å². The average Bonchev–Trinajstić information content (AvgIpc) is 3.33. The van der Waals surface area contributed by atoms with Gasteiger partial charge in [-0.1, -0.05) is 23.8 Å². The zero-order chi connectivity index (χ0) is 24.8. The van der Waals surface area contributed by atoms with Gasteiger partial charge in [0.15, 0.2) is 0 Å². The number of likely N-dealkylation sites (tertiary alicyclic amines) is 1. The topological polar surface area (TPSA) is 74.4 Å². The number of carbonyl (C=O) groups is 2. The molecule has 2 aliphatic heterocycles. The highest BCUT2D eigenvalue weighted by atomic mass is 16.5. The van der Waals surface area contributed by atoms with Gasteiger partial charge < -0.3 is 19.7 Å². The Morgan fingerprint density at radius 2 is 1.69 bits per heavy atom. The molecule has 4 rings (SSSR count). The summed E-state index contributed by atoms with van der Waals surface area (Å²) in [5.41, 5.74) is 3.07. The Morgan fingerprint density at radius 1 is 0.943 bits per heavy atom. The minimum absolute atomic E-state index is 0.0259. The molecule has 0 spiro atoms. The third kappa shape index (κ3) is 6.32. The van der Waals surface area contributed by atoms with Gasteiger partial charge in [0.25, 0.3) is 0 Å². The maximum atomic E-state index is 13.1. The molecule has 2 amide bonds. The lowest BCUT2D eigenvalue weighted by Gasteiger charge is -2.36. The number of hydrogen-bond donors (Lipinski definition) is 1. The summed E-state index contributed by atoms with van der Waals surface area (Å²) in [6.07, 6.45) is 2.05. The van der Waals surface area contributed by atoms with Crippen LogP contribution in [0.1, 0.15) is 30.0 Å². The van der Waals surface area contributed by atoms with Crippen LogP contribution in [0.15, 0.2) is 42.5 Å². The maximum absolute atomic E-state index is 13.1. The number of rotatable bonds is 8. The van der Waals surface area contributed by atoms with Gasteiger partial charge >= 0.3 is 0 Å². The lowest BCUT2D eigenvalue weighted by molar-refractivity contribution is -0.134. The lowest BCUT2D eigenvalue weighted by atomic mass is 10.0. The predicted molar refractivity (Wildman–Crippen MR) is 136 cm³/mol. The predicted octanol–water partition coefficient (Wildman–Crippen LogP) is 2.93. The normalized spacial score (nSPS) is 18.9. The summed E-state index contributed by atoms with van der Waals surface area (Å²) in [4.78, 5) is 31.8. The number of piperazine rings is 1. The summed E-state index contributed by atoms with van der Waals surface area (Å²) in [7, 11) is 3.31. The van der Waals surface area contributed by atoms with Crippen LogP contribution in [0.3, 0.4) is 0 Å². The number of aryl methyl sites for hydroxylation is 1. The summed E-state index contributed by atoms with van der Waals surface area (Å²) in [5.74, 6) is 1.68. The van der Waals surface area contributed by atoms with Crippen molar-refractivity contribution in [2.24, 2.45) is 0 Å². The molecule has 0 radical (unpaired) electrons. The molecule has 2 fully saturated rings. The van der Waals surface area contributed by atoms with E-state index in [0.717, 1.165) is 47.7 Å². The molecule has 35 heavy (non-hydrogen) atoms. The molecule has 1 atom stereocenters. The molecule has 1 N–H and O–H groups in total. The van der Waals surface area contributed by atoms with Crippen LogP contribution in [0.25, 0.3) is 0 Å². The highest BCUT2D eigenvalue weighted by Gasteiger charge is 2.32. The summed E-state index contributed by atoms with van der Waals surface area (Å²) in [5, 5.41) is 2.95. The molecule has 0 unspecified atom stereocenters. The molecule has 8 nitrogen and oxygen atoms in total. The Hall–Kier alpha value is -3.10. The van der Waals surface area contributed by atoms with E-state index in [1.165, 1.54) is 0 Å². The van der Waals surface area contributed by atoms with Crippen molar-refractivity contribution in [1.82, 2.24) is 14.7 Å². The first-order valence-electron chi connectivity index (χ1n) is 12.3. The molecular formula is C27H36N4O4. The highest BCUT2D eigenvalue weighted by Crippen LogP contribution is 2.38.